The Kier molecular flexibility index (Phi) is 8.48. The minimum atomic E-state index is -0.905. The smallest absolute Gasteiger partial charge is 0.347 e. The lowest BCUT2D eigenvalue weighted by atomic mass is 10.1. The number of ether oxygens (including phenoxy) is 2. The summed E-state index contributed by atoms with van der Waals surface area (Å²) in [6, 6.07) is 13.9. The molecular weight excluding hydrogens is 396 g/mol. The third kappa shape index (κ3) is 7.46. The Morgan fingerprint density at radius 2 is 1.72 bits per heavy atom. The zero-order valence-electron chi connectivity index (χ0n) is 16.2. The van der Waals surface area contributed by atoms with Gasteiger partial charge in [-0.1, -0.05) is 36.7 Å². The monoisotopic (exact) mass is 418 g/mol. The molecule has 0 aliphatic heterocycles. The predicted molar refractivity (Wildman–Crippen MR) is 110 cm³/mol. The molecule has 154 valence electrons. The van der Waals surface area contributed by atoms with Crippen LogP contribution in [-0.2, 0) is 25.5 Å². The maximum Gasteiger partial charge on any atom is 0.347 e. The van der Waals surface area contributed by atoms with Crippen LogP contribution in [0.1, 0.15) is 19.4 Å². The quantitative estimate of drug-likeness (QED) is 0.610. The lowest BCUT2D eigenvalue weighted by molar-refractivity contribution is -0.154. The highest BCUT2D eigenvalue weighted by Gasteiger charge is 2.18. The van der Waals surface area contributed by atoms with Crippen LogP contribution in [0.15, 0.2) is 48.5 Å². The van der Waals surface area contributed by atoms with Gasteiger partial charge < -0.3 is 20.1 Å². The van der Waals surface area contributed by atoms with Crippen LogP contribution in [0.4, 0.5) is 5.69 Å². The van der Waals surface area contributed by atoms with Crippen LogP contribution in [0.3, 0.4) is 0 Å². The van der Waals surface area contributed by atoms with Gasteiger partial charge in [0.15, 0.2) is 12.7 Å². The number of esters is 1. The van der Waals surface area contributed by atoms with Gasteiger partial charge in [0.05, 0.1) is 6.54 Å². The van der Waals surface area contributed by atoms with E-state index < -0.39 is 24.6 Å². The second kappa shape index (κ2) is 11.1. The minimum Gasteiger partial charge on any atom is -0.479 e. The van der Waals surface area contributed by atoms with Gasteiger partial charge in [-0.3, -0.25) is 9.59 Å². The first-order chi connectivity index (χ1) is 13.9. The van der Waals surface area contributed by atoms with Crippen LogP contribution in [0.25, 0.3) is 0 Å². The number of hydrogen-bond acceptors (Lipinski definition) is 5. The summed E-state index contributed by atoms with van der Waals surface area (Å²) in [6.07, 6.45) is -0.132. The van der Waals surface area contributed by atoms with E-state index in [1.807, 2.05) is 25.1 Å². The molecule has 2 amide bonds. The first kappa shape index (κ1) is 22.2. The average Bonchev–Trinajstić information content (AvgIpc) is 2.72. The maximum atomic E-state index is 12.0. The molecule has 0 bridgehead atoms. The highest BCUT2D eigenvalue weighted by Crippen LogP contribution is 2.17. The van der Waals surface area contributed by atoms with Gasteiger partial charge in [-0.2, -0.15) is 0 Å². The molecule has 0 fully saturated rings. The second-order valence-corrected chi connectivity index (χ2v) is 6.59. The number of para-hydroxylation sites is 1. The van der Waals surface area contributed by atoms with Crippen molar-refractivity contribution in [1.82, 2.24) is 5.32 Å². The number of carbonyl (C=O) groups excluding carboxylic acids is 3. The Hall–Kier alpha value is -3.06. The van der Waals surface area contributed by atoms with Crippen LogP contribution in [0.2, 0.25) is 5.02 Å². The molecule has 0 heterocycles. The molecule has 2 rings (SSSR count). The molecule has 1 atom stereocenters. The zero-order chi connectivity index (χ0) is 21.2. The number of amides is 2. The van der Waals surface area contributed by atoms with Crippen molar-refractivity contribution in [3.05, 3.63) is 59.1 Å². The third-order valence-corrected chi connectivity index (χ3v) is 4.17. The topological polar surface area (TPSA) is 93.7 Å². The molecule has 0 saturated heterocycles. The van der Waals surface area contributed by atoms with Crippen molar-refractivity contribution in [1.29, 1.82) is 0 Å². The fourth-order valence-corrected chi connectivity index (χ4v) is 2.52. The van der Waals surface area contributed by atoms with Gasteiger partial charge in [0.25, 0.3) is 5.91 Å². The first-order valence-electron chi connectivity index (χ1n) is 9.12. The van der Waals surface area contributed by atoms with E-state index in [0.29, 0.717) is 16.5 Å². The third-order valence-electron chi connectivity index (χ3n) is 3.92. The molecule has 29 heavy (non-hydrogen) atoms. The van der Waals surface area contributed by atoms with E-state index >= 15 is 0 Å². The van der Waals surface area contributed by atoms with Gasteiger partial charge in [-0.05, 0) is 49.2 Å². The molecule has 2 aromatic carbocycles. The summed E-state index contributed by atoms with van der Waals surface area (Å²) in [5.74, 6) is -1.20. The van der Waals surface area contributed by atoms with Crippen molar-refractivity contribution in [2.24, 2.45) is 0 Å². The second-order valence-electron chi connectivity index (χ2n) is 6.16. The first-order valence-corrected chi connectivity index (χ1v) is 9.50. The Morgan fingerprint density at radius 1 is 1.03 bits per heavy atom. The average molecular weight is 419 g/mol. The van der Waals surface area contributed by atoms with Crippen molar-refractivity contribution >= 4 is 35.1 Å². The van der Waals surface area contributed by atoms with Crippen LogP contribution in [0.5, 0.6) is 5.75 Å². The Bertz CT molecular complexity index is 854. The van der Waals surface area contributed by atoms with Crippen molar-refractivity contribution in [3.63, 3.8) is 0 Å². The molecule has 2 N–H and O–H groups in total. The van der Waals surface area contributed by atoms with Gasteiger partial charge in [-0.25, -0.2) is 4.79 Å². The van der Waals surface area contributed by atoms with Gasteiger partial charge in [0.2, 0.25) is 5.91 Å². The van der Waals surface area contributed by atoms with Gasteiger partial charge in [0, 0.05) is 10.7 Å². The fourth-order valence-electron chi connectivity index (χ4n) is 2.39. The summed E-state index contributed by atoms with van der Waals surface area (Å²) in [5, 5.41) is 5.69. The van der Waals surface area contributed by atoms with E-state index in [2.05, 4.69) is 10.6 Å². The van der Waals surface area contributed by atoms with E-state index in [4.69, 9.17) is 21.1 Å². The highest BCUT2D eigenvalue weighted by molar-refractivity contribution is 6.30. The van der Waals surface area contributed by atoms with Crippen molar-refractivity contribution < 1.29 is 23.9 Å². The van der Waals surface area contributed by atoms with Crippen molar-refractivity contribution in [3.8, 4) is 5.75 Å². The zero-order valence-corrected chi connectivity index (χ0v) is 17.0. The summed E-state index contributed by atoms with van der Waals surface area (Å²) in [6.45, 7) is 2.75. The number of aryl methyl sites for hydroxylation is 1. The summed E-state index contributed by atoms with van der Waals surface area (Å²) in [7, 11) is 0. The van der Waals surface area contributed by atoms with Gasteiger partial charge in [-0.15, -0.1) is 0 Å². The van der Waals surface area contributed by atoms with Gasteiger partial charge >= 0.3 is 5.97 Å². The van der Waals surface area contributed by atoms with Crippen LogP contribution in [0, 0.1) is 0 Å². The Balaban J connectivity index is 1.71. The maximum absolute atomic E-state index is 12.0. The summed E-state index contributed by atoms with van der Waals surface area (Å²) >= 11 is 5.79. The molecule has 0 aliphatic carbocycles. The van der Waals surface area contributed by atoms with E-state index in [1.54, 1.807) is 30.3 Å². The summed E-state index contributed by atoms with van der Waals surface area (Å²) in [4.78, 5) is 35.8. The highest BCUT2D eigenvalue weighted by atomic mass is 35.5. The van der Waals surface area contributed by atoms with Crippen LogP contribution in [-0.4, -0.2) is 37.0 Å². The van der Waals surface area contributed by atoms with Gasteiger partial charge in [0.1, 0.15) is 5.75 Å². The number of hydrogen-bond donors (Lipinski definition) is 2. The van der Waals surface area contributed by atoms with Crippen LogP contribution >= 0.6 is 11.6 Å². The van der Waals surface area contributed by atoms with E-state index in [-0.39, 0.29) is 12.5 Å². The number of nitrogens with one attached hydrogen (secondary N) is 2. The lowest BCUT2D eigenvalue weighted by Gasteiger charge is -2.14. The SMILES string of the molecule is CCc1ccccc1NC(=O)CNC(=O)COC(=O)[C@@H](C)Oc1ccc(Cl)cc1. The number of anilines is 1. The largest absolute Gasteiger partial charge is 0.479 e. The van der Waals surface area contributed by atoms with Crippen molar-refractivity contribution in [2.75, 3.05) is 18.5 Å². The molecule has 0 spiro atoms. The summed E-state index contributed by atoms with van der Waals surface area (Å²) in [5.41, 5.74) is 1.70. The molecule has 2 aromatic rings. The molecule has 0 aliphatic rings. The summed E-state index contributed by atoms with van der Waals surface area (Å²) < 4.78 is 10.3. The van der Waals surface area contributed by atoms with E-state index in [1.165, 1.54) is 6.92 Å². The minimum absolute atomic E-state index is 0.231. The number of carbonyl (C=O) groups is 3. The van der Waals surface area contributed by atoms with E-state index in [0.717, 1.165) is 12.0 Å². The molecule has 8 heteroatoms. The molecule has 0 unspecified atom stereocenters. The molecule has 0 radical (unpaired) electrons. The fraction of sp³-hybridized carbons (Fsp3) is 0.286. The number of rotatable bonds is 9. The Labute approximate surface area is 174 Å². The predicted octanol–water partition coefficient (Wildman–Crippen LogP) is 2.97. The Morgan fingerprint density at radius 3 is 2.41 bits per heavy atom. The molecule has 0 aromatic heterocycles. The standard InChI is InChI=1S/C21H23ClN2O5/c1-3-15-6-4-5-7-18(15)24-19(25)12-23-20(26)13-28-21(27)14(2)29-17-10-8-16(22)9-11-17/h4-11,14H,3,12-13H2,1-2H3,(H,23,26)(H,24,25)/t14-/m1/s1. The van der Waals surface area contributed by atoms with Crippen LogP contribution < -0.4 is 15.4 Å². The van der Waals surface area contributed by atoms with Crippen molar-refractivity contribution in [2.45, 2.75) is 26.4 Å². The number of benzene rings is 2. The lowest BCUT2D eigenvalue weighted by Crippen LogP contribution is -2.37. The molecule has 0 saturated carbocycles. The number of halogens is 1. The van der Waals surface area contributed by atoms with E-state index in [9.17, 15) is 14.4 Å². The molecular formula is C21H23ClN2O5. The normalized spacial score (nSPS) is 11.3. The molecule has 7 nitrogen and oxygen atoms in total.